The van der Waals surface area contributed by atoms with Crippen molar-refractivity contribution in [1.82, 2.24) is 4.90 Å². The van der Waals surface area contributed by atoms with Crippen molar-refractivity contribution in [2.45, 2.75) is 46.1 Å². The molecule has 2 rings (SSSR count). The van der Waals surface area contributed by atoms with Crippen LogP contribution in [0, 0.1) is 5.41 Å². The van der Waals surface area contributed by atoms with E-state index in [1.165, 1.54) is 18.4 Å². The zero-order chi connectivity index (χ0) is 15.3. The lowest BCUT2D eigenvalue weighted by molar-refractivity contribution is 0.0806. The van der Waals surface area contributed by atoms with Crippen LogP contribution in [0.1, 0.15) is 51.6 Å². The maximum absolute atomic E-state index is 6.09. The molecular weight excluding hydrogens is 260 g/mol. The summed E-state index contributed by atoms with van der Waals surface area (Å²) in [5.74, 6) is 0.962. The average molecular weight is 290 g/mol. The Morgan fingerprint density at radius 3 is 2.86 bits per heavy atom. The molecule has 3 heteroatoms. The van der Waals surface area contributed by atoms with Gasteiger partial charge in [-0.2, -0.15) is 0 Å². The van der Waals surface area contributed by atoms with Crippen LogP contribution in [-0.2, 0) is 0 Å². The van der Waals surface area contributed by atoms with Crippen LogP contribution in [0.25, 0.3) is 0 Å². The van der Waals surface area contributed by atoms with E-state index >= 15 is 0 Å². The summed E-state index contributed by atoms with van der Waals surface area (Å²) in [5.41, 5.74) is 7.76. The van der Waals surface area contributed by atoms with Gasteiger partial charge in [-0.15, -0.1) is 0 Å². The predicted molar refractivity (Wildman–Crippen MR) is 88.6 cm³/mol. The van der Waals surface area contributed by atoms with Crippen LogP contribution in [0.2, 0.25) is 0 Å². The molecule has 1 unspecified atom stereocenters. The number of nitrogens with two attached hydrogens (primary N) is 1. The van der Waals surface area contributed by atoms with Gasteiger partial charge in [0.2, 0.25) is 0 Å². The van der Waals surface area contributed by atoms with E-state index in [4.69, 9.17) is 10.5 Å². The minimum atomic E-state index is 0.301. The maximum Gasteiger partial charge on any atom is 0.119 e. The molecule has 1 aromatic rings. The van der Waals surface area contributed by atoms with Crippen LogP contribution in [0.4, 0.5) is 0 Å². The van der Waals surface area contributed by atoms with Gasteiger partial charge in [0, 0.05) is 19.1 Å². The minimum absolute atomic E-state index is 0.301. The highest BCUT2D eigenvalue weighted by atomic mass is 16.5. The SMILES string of the molecule is CCCOc1cccc(C(CN)N2CCCC(C)(C)C2)c1. The highest BCUT2D eigenvalue weighted by Crippen LogP contribution is 2.34. The molecule has 1 atom stereocenters. The predicted octanol–water partition coefficient (Wildman–Crippen LogP) is 3.60. The van der Waals surface area contributed by atoms with Gasteiger partial charge in [-0.1, -0.05) is 32.9 Å². The molecule has 1 aliphatic heterocycles. The minimum Gasteiger partial charge on any atom is -0.494 e. The first-order valence-corrected chi connectivity index (χ1v) is 8.22. The fourth-order valence-electron chi connectivity index (χ4n) is 3.26. The quantitative estimate of drug-likeness (QED) is 0.870. The van der Waals surface area contributed by atoms with Crippen molar-refractivity contribution in [3.05, 3.63) is 29.8 Å². The van der Waals surface area contributed by atoms with Crippen molar-refractivity contribution >= 4 is 0 Å². The van der Waals surface area contributed by atoms with E-state index in [0.717, 1.165) is 31.9 Å². The van der Waals surface area contributed by atoms with Crippen LogP contribution < -0.4 is 10.5 Å². The Bertz CT molecular complexity index is 445. The highest BCUT2D eigenvalue weighted by molar-refractivity contribution is 5.31. The topological polar surface area (TPSA) is 38.5 Å². The Kier molecular flexibility index (Phi) is 5.65. The Morgan fingerprint density at radius 1 is 1.38 bits per heavy atom. The summed E-state index contributed by atoms with van der Waals surface area (Å²) in [6.07, 6.45) is 3.60. The third kappa shape index (κ3) is 4.45. The molecule has 2 N–H and O–H groups in total. The third-order valence-electron chi connectivity index (χ3n) is 4.31. The van der Waals surface area contributed by atoms with Crippen LogP contribution >= 0.6 is 0 Å². The molecule has 118 valence electrons. The zero-order valence-electron chi connectivity index (χ0n) is 13.8. The fraction of sp³-hybridized carbons (Fsp3) is 0.667. The van der Waals surface area contributed by atoms with Crippen LogP contribution in [0.15, 0.2) is 24.3 Å². The molecule has 1 heterocycles. The molecule has 0 spiro atoms. The first-order chi connectivity index (χ1) is 10.1. The largest absolute Gasteiger partial charge is 0.494 e. The van der Waals surface area contributed by atoms with Crippen LogP contribution in [0.5, 0.6) is 5.75 Å². The van der Waals surface area contributed by atoms with Crippen LogP contribution in [0.3, 0.4) is 0 Å². The molecule has 0 bridgehead atoms. The third-order valence-corrected chi connectivity index (χ3v) is 4.31. The van der Waals surface area contributed by atoms with Crippen molar-refractivity contribution in [3.63, 3.8) is 0 Å². The summed E-state index contributed by atoms with van der Waals surface area (Å²) in [7, 11) is 0. The van der Waals surface area contributed by atoms with E-state index in [2.05, 4.69) is 43.9 Å². The lowest BCUT2D eigenvalue weighted by Gasteiger charge is -2.42. The lowest BCUT2D eigenvalue weighted by Crippen LogP contribution is -2.44. The van der Waals surface area contributed by atoms with Crippen molar-refractivity contribution in [2.24, 2.45) is 11.1 Å². The first-order valence-electron chi connectivity index (χ1n) is 8.22. The van der Waals surface area contributed by atoms with E-state index < -0.39 is 0 Å². The van der Waals surface area contributed by atoms with Crippen LogP contribution in [-0.4, -0.2) is 31.1 Å². The second kappa shape index (κ2) is 7.28. The number of nitrogens with zero attached hydrogens (tertiary/aromatic N) is 1. The van der Waals surface area contributed by atoms with E-state index in [1.807, 2.05) is 6.07 Å². The van der Waals surface area contributed by atoms with Crippen molar-refractivity contribution < 1.29 is 4.74 Å². The van der Waals surface area contributed by atoms with Gasteiger partial charge in [0.1, 0.15) is 5.75 Å². The lowest BCUT2D eigenvalue weighted by atomic mass is 9.83. The molecule has 0 aromatic heterocycles. The van der Waals surface area contributed by atoms with Gasteiger partial charge in [0.15, 0.2) is 0 Å². The number of ether oxygens (including phenoxy) is 1. The summed E-state index contributed by atoms with van der Waals surface area (Å²) in [6, 6.07) is 8.76. The first kappa shape index (κ1) is 16.3. The normalized spacial score (nSPS) is 20.2. The second-order valence-electron chi connectivity index (χ2n) is 6.91. The summed E-state index contributed by atoms with van der Waals surface area (Å²) in [6.45, 7) is 10.5. The van der Waals surface area contributed by atoms with Gasteiger partial charge >= 0.3 is 0 Å². The standard InChI is InChI=1S/C18H30N2O/c1-4-11-21-16-8-5-7-15(12-16)17(13-19)20-10-6-9-18(2,3)14-20/h5,7-8,12,17H,4,6,9-11,13-14,19H2,1-3H3. The maximum atomic E-state index is 6.09. The second-order valence-corrected chi connectivity index (χ2v) is 6.91. The van der Waals surface area contributed by atoms with Gasteiger partial charge < -0.3 is 10.5 Å². The molecule has 0 radical (unpaired) electrons. The number of benzene rings is 1. The molecule has 1 aromatic carbocycles. The molecule has 1 fully saturated rings. The van der Waals surface area contributed by atoms with E-state index in [1.54, 1.807) is 0 Å². The molecule has 0 amide bonds. The number of rotatable bonds is 6. The monoisotopic (exact) mass is 290 g/mol. The van der Waals surface area contributed by atoms with Crippen molar-refractivity contribution in [2.75, 3.05) is 26.2 Å². The fourth-order valence-corrected chi connectivity index (χ4v) is 3.26. The molecule has 0 aliphatic carbocycles. The molecule has 0 saturated carbocycles. The van der Waals surface area contributed by atoms with Crippen molar-refractivity contribution in [3.8, 4) is 5.75 Å². The zero-order valence-corrected chi connectivity index (χ0v) is 13.8. The number of hydrogen-bond donors (Lipinski definition) is 1. The highest BCUT2D eigenvalue weighted by Gasteiger charge is 2.30. The Labute approximate surface area is 129 Å². The van der Waals surface area contributed by atoms with E-state index in [9.17, 15) is 0 Å². The van der Waals surface area contributed by atoms with Gasteiger partial charge in [0.25, 0.3) is 0 Å². The Morgan fingerprint density at radius 2 is 2.19 bits per heavy atom. The summed E-state index contributed by atoms with van der Waals surface area (Å²) in [5, 5.41) is 0. The Balaban J connectivity index is 2.13. The Hall–Kier alpha value is -1.06. The van der Waals surface area contributed by atoms with E-state index in [-0.39, 0.29) is 0 Å². The number of piperidine rings is 1. The summed E-state index contributed by atoms with van der Waals surface area (Å²) < 4.78 is 5.76. The average Bonchev–Trinajstić information content (AvgIpc) is 2.45. The molecule has 21 heavy (non-hydrogen) atoms. The summed E-state index contributed by atoms with van der Waals surface area (Å²) >= 11 is 0. The van der Waals surface area contributed by atoms with Crippen molar-refractivity contribution in [1.29, 1.82) is 0 Å². The molecule has 3 nitrogen and oxygen atoms in total. The molecule has 1 saturated heterocycles. The van der Waals surface area contributed by atoms with Gasteiger partial charge in [-0.25, -0.2) is 0 Å². The van der Waals surface area contributed by atoms with E-state index in [0.29, 0.717) is 18.0 Å². The smallest absolute Gasteiger partial charge is 0.119 e. The molecular formula is C18H30N2O. The van der Waals surface area contributed by atoms with Gasteiger partial charge in [-0.05, 0) is 48.9 Å². The number of likely N-dealkylation sites (tertiary alicyclic amines) is 1. The summed E-state index contributed by atoms with van der Waals surface area (Å²) in [4.78, 5) is 2.54. The number of hydrogen-bond acceptors (Lipinski definition) is 3. The van der Waals surface area contributed by atoms with Gasteiger partial charge in [0.05, 0.1) is 6.61 Å². The molecule has 1 aliphatic rings. The van der Waals surface area contributed by atoms with Gasteiger partial charge in [-0.3, -0.25) is 4.90 Å².